The Morgan fingerprint density at radius 3 is 2.45 bits per heavy atom. The Kier molecular flexibility index (Phi) is 8.26. The average Bonchev–Trinajstić information content (AvgIpc) is 2.51. The van der Waals surface area contributed by atoms with Gasteiger partial charge in [-0.1, -0.05) is 50.6 Å². The molecule has 4 heteroatoms. The van der Waals surface area contributed by atoms with Crippen LogP contribution in [-0.2, 0) is 16.0 Å². The van der Waals surface area contributed by atoms with Crippen molar-refractivity contribution in [2.24, 2.45) is 11.8 Å². The summed E-state index contributed by atoms with van der Waals surface area (Å²) in [6.07, 6.45) is 4.13. The normalized spacial score (nSPS) is 13.4. The van der Waals surface area contributed by atoms with E-state index >= 15 is 0 Å². The van der Waals surface area contributed by atoms with Crippen molar-refractivity contribution >= 4 is 11.9 Å². The number of rotatable bonds is 10. The molecule has 0 aromatic heterocycles. The van der Waals surface area contributed by atoms with E-state index in [0.717, 1.165) is 25.7 Å². The van der Waals surface area contributed by atoms with E-state index in [2.05, 4.69) is 17.4 Å². The zero-order valence-corrected chi connectivity index (χ0v) is 13.5. The fraction of sp³-hybridized carbons (Fsp3) is 0.556. The van der Waals surface area contributed by atoms with Gasteiger partial charge in [0, 0.05) is 12.5 Å². The van der Waals surface area contributed by atoms with Crippen molar-refractivity contribution in [3.05, 3.63) is 35.9 Å². The molecule has 0 aliphatic carbocycles. The lowest BCUT2D eigenvalue weighted by Gasteiger charge is -2.15. The summed E-state index contributed by atoms with van der Waals surface area (Å²) in [5.41, 5.74) is 1.28. The maximum atomic E-state index is 12.0. The molecule has 0 radical (unpaired) electrons. The van der Waals surface area contributed by atoms with E-state index in [1.165, 1.54) is 5.56 Å². The number of carbonyl (C=O) groups excluding carboxylic acids is 1. The van der Waals surface area contributed by atoms with Gasteiger partial charge >= 0.3 is 5.97 Å². The number of carbonyl (C=O) groups is 2. The van der Waals surface area contributed by atoms with Crippen LogP contribution in [0.2, 0.25) is 0 Å². The maximum absolute atomic E-state index is 12.0. The van der Waals surface area contributed by atoms with Gasteiger partial charge in [-0.05, 0) is 31.2 Å². The van der Waals surface area contributed by atoms with Crippen molar-refractivity contribution in [3.8, 4) is 0 Å². The molecule has 4 nitrogen and oxygen atoms in total. The van der Waals surface area contributed by atoms with Crippen LogP contribution in [0.15, 0.2) is 30.3 Å². The molecule has 2 unspecified atom stereocenters. The van der Waals surface area contributed by atoms with Crippen molar-refractivity contribution in [1.29, 1.82) is 0 Å². The van der Waals surface area contributed by atoms with Crippen LogP contribution >= 0.6 is 0 Å². The number of benzene rings is 1. The molecular weight excluding hydrogens is 278 g/mol. The van der Waals surface area contributed by atoms with Crippen LogP contribution in [-0.4, -0.2) is 23.5 Å². The van der Waals surface area contributed by atoms with Crippen LogP contribution in [0.25, 0.3) is 0 Å². The highest BCUT2D eigenvalue weighted by Crippen LogP contribution is 2.11. The quantitative estimate of drug-likeness (QED) is 0.697. The van der Waals surface area contributed by atoms with Crippen LogP contribution in [0, 0.1) is 11.8 Å². The predicted molar refractivity (Wildman–Crippen MR) is 87.6 cm³/mol. The molecule has 1 aromatic rings. The predicted octanol–water partition coefficient (Wildman–Crippen LogP) is 3.26. The molecule has 0 aliphatic rings. The summed E-state index contributed by atoms with van der Waals surface area (Å²) in [6, 6.07) is 10.2. The molecule has 122 valence electrons. The first-order valence-corrected chi connectivity index (χ1v) is 8.09. The first-order chi connectivity index (χ1) is 10.5. The Labute approximate surface area is 132 Å². The van der Waals surface area contributed by atoms with Gasteiger partial charge in [0.25, 0.3) is 0 Å². The Morgan fingerprint density at radius 1 is 1.18 bits per heavy atom. The number of carboxylic acids is 1. The Hall–Kier alpha value is -1.84. The van der Waals surface area contributed by atoms with E-state index in [0.29, 0.717) is 6.42 Å². The van der Waals surface area contributed by atoms with E-state index in [9.17, 15) is 9.59 Å². The summed E-state index contributed by atoms with van der Waals surface area (Å²) in [5.74, 6) is -1.44. The third-order valence-corrected chi connectivity index (χ3v) is 3.90. The minimum Gasteiger partial charge on any atom is -0.481 e. The van der Waals surface area contributed by atoms with Crippen molar-refractivity contribution in [2.75, 3.05) is 6.54 Å². The monoisotopic (exact) mass is 305 g/mol. The second-order valence-electron chi connectivity index (χ2n) is 5.85. The average molecular weight is 305 g/mol. The zero-order valence-electron chi connectivity index (χ0n) is 13.5. The number of amides is 1. The van der Waals surface area contributed by atoms with E-state index in [1.807, 2.05) is 32.0 Å². The first-order valence-electron chi connectivity index (χ1n) is 8.09. The van der Waals surface area contributed by atoms with Gasteiger partial charge in [-0.15, -0.1) is 0 Å². The molecule has 0 spiro atoms. The minimum absolute atomic E-state index is 0.0459. The topological polar surface area (TPSA) is 66.4 Å². The molecule has 2 atom stereocenters. The highest BCUT2D eigenvalue weighted by molar-refractivity contribution is 5.79. The van der Waals surface area contributed by atoms with E-state index in [-0.39, 0.29) is 18.4 Å². The number of aliphatic carboxylic acids is 1. The second-order valence-corrected chi connectivity index (χ2v) is 5.85. The number of hydrogen-bond donors (Lipinski definition) is 2. The maximum Gasteiger partial charge on any atom is 0.308 e. The van der Waals surface area contributed by atoms with Crippen molar-refractivity contribution in [1.82, 2.24) is 5.32 Å². The SMILES string of the molecule is CCCC(CNC(=O)C(C)CCCc1ccccc1)C(=O)O. The summed E-state index contributed by atoms with van der Waals surface area (Å²) in [4.78, 5) is 23.1. The number of carboxylic acid groups (broad SMARTS) is 1. The standard InChI is InChI=1S/C18H27NO3/c1-3-8-16(18(21)22)13-19-17(20)14(2)9-7-12-15-10-5-4-6-11-15/h4-6,10-11,14,16H,3,7-9,12-13H2,1-2H3,(H,19,20)(H,21,22). The Bertz CT molecular complexity index is 459. The zero-order chi connectivity index (χ0) is 16.4. The fourth-order valence-corrected chi connectivity index (χ4v) is 2.45. The van der Waals surface area contributed by atoms with Gasteiger partial charge in [-0.25, -0.2) is 0 Å². The van der Waals surface area contributed by atoms with Crippen LogP contribution in [0.1, 0.15) is 45.1 Å². The van der Waals surface area contributed by atoms with E-state index in [1.54, 1.807) is 0 Å². The fourth-order valence-electron chi connectivity index (χ4n) is 2.45. The molecular formula is C18H27NO3. The first kappa shape index (κ1) is 18.2. The van der Waals surface area contributed by atoms with Gasteiger partial charge in [0.15, 0.2) is 0 Å². The molecule has 1 rings (SSSR count). The highest BCUT2D eigenvalue weighted by atomic mass is 16.4. The number of aryl methyl sites for hydroxylation is 1. The molecule has 2 N–H and O–H groups in total. The number of nitrogens with one attached hydrogen (secondary N) is 1. The molecule has 0 heterocycles. The van der Waals surface area contributed by atoms with Gasteiger partial charge in [0.1, 0.15) is 0 Å². The van der Waals surface area contributed by atoms with Gasteiger partial charge in [-0.2, -0.15) is 0 Å². The molecule has 0 saturated carbocycles. The van der Waals surface area contributed by atoms with Crippen LogP contribution < -0.4 is 5.32 Å². The van der Waals surface area contributed by atoms with E-state index in [4.69, 9.17) is 5.11 Å². The molecule has 0 fully saturated rings. The molecule has 0 aliphatic heterocycles. The summed E-state index contributed by atoms with van der Waals surface area (Å²) in [6.45, 7) is 4.07. The lowest BCUT2D eigenvalue weighted by Crippen LogP contribution is -2.36. The molecule has 0 saturated heterocycles. The van der Waals surface area contributed by atoms with Gasteiger partial charge in [0.2, 0.25) is 5.91 Å². The summed E-state index contributed by atoms with van der Waals surface area (Å²) < 4.78 is 0. The van der Waals surface area contributed by atoms with Crippen molar-refractivity contribution < 1.29 is 14.7 Å². The largest absolute Gasteiger partial charge is 0.481 e. The van der Waals surface area contributed by atoms with Gasteiger partial charge in [-0.3, -0.25) is 9.59 Å². The third-order valence-electron chi connectivity index (χ3n) is 3.90. The van der Waals surface area contributed by atoms with Crippen molar-refractivity contribution in [3.63, 3.8) is 0 Å². The smallest absolute Gasteiger partial charge is 0.308 e. The Balaban J connectivity index is 2.28. The second kappa shape index (κ2) is 9.98. The van der Waals surface area contributed by atoms with Crippen molar-refractivity contribution in [2.45, 2.75) is 46.0 Å². The van der Waals surface area contributed by atoms with Crippen LogP contribution in [0.3, 0.4) is 0 Å². The Morgan fingerprint density at radius 2 is 1.86 bits per heavy atom. The highest BCUT2D eigenvalue weighted by Gasteiger charge is 2.19. The van der Waals surface area contributed by atoms with Crippen LogP contribution in [0.5, 0.6) is 0 Å². The van der Waals surface area contributed by atoms with Gasteiger partial charge < -0.3 is 10.4 Å². The lowest BCUT2D eigenvalue weighted by atomic mass is 9.99. The van der Waals surface area contributed by atoms with Crippen LogP contribution in [0.4, 0.5) is 0 Å². The molecule has 1 amide bonds. The lowest BCUT2D eigenvalue weighted by molar-refractivity contribution is -0.142. The minimum atomic E-state index is -0.834. The molecule has 1 aromatic carbocycles. The van der Waals surface area contributed by atoms with Gasteiger partial charge in [0.05, 0.1) is 5.92 Å². The number of hydrogen-bond acceptors (Lipinski definition) is 2. The third kappa shape index (κ3) is 6.74. The summed E-state index contributed by atoms with van der Waals surface area (Å²) >= 11 is 0. The van der Waals surface area contributed by atoms with E-state index < -0.39 is 11.9 Å². The summed E-state index contributed by atoms with van der Waals surface area (Å²) in [7, 11) is 0. The molecule has 0 bridgehead atoms. The summed E-state index contributed by atoms with van der Waals surface area (Å²) in [5, 5.41) is 11.8. The molecule has 22 heavy (non-hydrogen) atoms.